The molecule has 1 fully saturated rings. The zero-order valence-electron chi connectivity index (χ0n) is 18.8. The Morgan fingerprint density at radius 1 is 1.06 bits per heavy atom. The molecular formula is C25H27FN4O3. The van der Waals surface area contributed by atoms with Gasteiger partial charge in [0.25, 0.3) is 5.91 Å². The van der Waals surface area contributed by atoms with Crippen LogP contribution in [0.15, 0.2) is 59.4 Å². The van der Waals surface area contributed by atoms with Gasteiger partial charge in [-0.1, -0.05) is 24.3 Å². The van der Waals surface area contributed by atoms with Crippen molar-refractivity contribution in [2.75, 3.05) is 33.3 Å². The lowest BCUT2D eigenvalue weighted by Crippen LogP contribution is -2.38. The molecule has 172 valence electrons. The maximum absolute atomic E-state index is 14.3. The predicted molar refractivity (Wildman–Crippen MR) is 123 cm³/mol. The number of nitrogens with zero attached hydrogens (tertiary/aromatic N) is 4. The number of carbonyl (C=O) groups excluding carboxylic acids is 1. The molecule has 0 radical (unpaired) electrons. The number of amides is 1. The Bertz CT molecular complexity index is 1190. The zero-order valence-corrected chi connectivity index (χ0v) is 18.8. The van der Waals surface area contributed by atoms with Crippen LogP contribution in [-0.2, 0) is 6.54 Å². The van der Waals surface area contributed by atoms with Gasteiger partial charge in [-0.2, -0.15) is 5.10 Å². The summed E-state index contributed by atoms with van der Waals surface area (Å²) < 4.78 is 20.8. The van der Waals surface area contributed by atoms with Crippen molar-refractivity contribution in [3.8, 4) is 11.4 Å². The number of carbonyl (C=O) groups is 1. The van der Waals surface area contributed by atoms with Crippen molar-refractivity contribution in [3.05, 3.63) is 87.6 Å². The Labute approximate surface area is 192 Å². The van der Waals surface area contributed by atoms with Crippen molar-refractivity contribution in [2.45, 2.75) is 19.9 Å². The van der Waals surface area contributed by atoms with Crippen molar-refractivity contribution in [3.63, 3.8) is 0 Å². The molecule has 33 heavy (non-hydrogen) atoms. The number of hydrogen-bond acceptors (Lipinski definition) is 5. The molecule has 0 spiro atoms. The number of aryl methyl sites for hydroxylation is 1. The first kappa shape index (κ1) is 22.7. The van der Waals surface area contributed by atoms with Crippen molar-refractivity contribution < 1.29 is 13.9 Å². The fourth-order valence-electron chi connectivity index (χ4n) is 4.03. The van der Waals surface area contributed by atoms with Gasteiger partial charge in [0.05, 0.1) is 7.11 Å². The van der Waals surface area contributed by atoms with Crippen molar-refractivity contribution in [1.29, 1.82) is 0 Å². The van der Waals surface area contributed by atoms with E-state index in [0.29, 0.717) is 25.3 Å². The maximum Gasteiger partial charge on any atom is 0.278 e. The van der Waals surface area contributed by atoms with Gasteiger partial charge in [-0.05, 0) is 43.2 Å². The number of methoxy groups -OCH3 is 1. The van der Waals surface area contributed by atoms with Gasteiger partial charge < -0.3 is 9.64 Å². The molecule has 2 heterocycles. The number of rotatable bonds is 5. The molecule has 1 aliphatic rings. The summed E-state index contributed by atoms with van der Waals surface area (Å²) >= 11 is 0. The molecule has 1 saturated heterocycles. The molecule has 1 aromatic heterocycles. The van der Waals surface area contributed by atoms with Gasteiger partial charge in [0.1, 0.15) is 17.3 Å². The lowest BCUT2D eigenvalue weighted by atomic mass is 10.2. The Kier molecular flexibility index (Phi) is 6.84. The standard InChI is InChI=1S/C25H27FN4O3/c1-18-16-23(31)24(27-30(18)22-7-4-3-6-21(22)26)25(32)29-13-5-12-28(14-15-29)17-19-8-10-20(33-2)11-9-19/h3-4,6-11,16H,5,12-15,17H2,1-2H3. The first-order valence-electron chi connectivity index (χ1n) is 11.0. The maximum atomic E-state index is 14.3. The highest BCUT2D eigenvalue weighted by Gasteiger charge is 2.24. The number of para-hydroxylation sites is 1. The Morgan fingerprint density at radius 3 is 2.55 bits per heavy atom. The van der Waals surface area contributed by atoms with Gasteiger partial charge in [-0.15, -0.1) is 0 Å². The molecule has 2 aromatic carbocycles. The largest absolute Gasteiger partial charge is 0.497 e. The Balaban J connectivity index is 1.49. The molecule has 1 amide bonds. The predicted octanol–water partition coefficient (Wildman–Crippen LogP) is 3.04. The van der Waals surface area contributed by atoms with Gasteiger partial charge in [0.2, 0.25) is 5.43 Å². The third-order valence-corrected chi connectivity index (χ3v) is 5.83. The smallest absolute Gasteiger partial charge is 0.278 e. The quantitative estimate of drug-likeness (QED) is 0.598. The van der Waals surface area contributed by atoms with Gasteiger partial charge in [0.15, 0.2) is 5.69 Å². The molecule has 1 aliphatic heterocycles. The topological polar surface area (TPSA) is 67.7 Å². The summed E-state index contributed by atoms with van der Waals surface area (Å²) in [5.74, 6) is -0.0755. The van der Waals surface area contributed by atoms with Crippen LogP contribution < -0.4 is 10.2 Å². The average Bonchev–Trinajstić information content (AvgIpc) is 3.05. The summed E-state index contributed by atoms with van der Waals surface area (Å²) in [6.45, 7) is 4.99. The Morgan fingerprint density at radius 2 is 1.82 bits per heavy atom. The van der Waals surface area contributed by atoms with Crippen LogP contribution in [-0.4, -0.2) is 58.8 Å². The number of benzene rings is 2. The van der Waals surface area contributed by atoms with Crippen LogP contribution in [0, 0.1) is 12.7 Å². The number of hydrogen-bond donors (Lipinski definition) is 0. The van der Waals surface area contributed by atoms with Crippen LogP contribution in [0.25, 0.3) is 5.69 Å². The van der Waals surface area contributed by atoms with Crippen molar-refractivity contribution in [2.24, 2.45) is 0 Å². The van der Waals surface area contributed by atoms with Crippen LogP contribution in [0.3, 0.4) is 0 Å². The Hall–Kier alpha value is -3.52. The van der Waals surface area contributed by atoms with Crippen LogP contribution in [0.5, 0.6) is 5.75 Å². The molecule has 4 rings (SSSR count). The highest BCUT2D eigenvalue weighted by Crippen LogP contribution is 2.16. The summed E-state index contributed by atoms with van der Waals surface area (Å²) in [6.07, 6.45) is 0.787. The minimum Gasteiger partial charge on any atom is -0.497 e. The zero-order chi connectivity index (χ0) is 23.4. The second kappa shape index (κ2) is 9.95. The van der Waals surface area contributed by atoms with Crippen molar-refractivity contribution >= 4 is 5.91 Å². The van der Waals surface area contributed by atoms with Gasteiger partial charge >= 0.3 is 0 Å². The molecule has 3 aromatic rings. The van der Waals surface area contributed by atoms with E-state index in [1.54, 1.807) is 37.1 Å². The SMILES string of the molecule is COc1ccc(CN2CCCN(C(=O)c3nn(-c4ccccc4F)c(C)cc3=O)CC2)cc1. The highest BCUT2D eigenvalue weighted by molar-refractivity contribution is 5.92. The lowest BCUT2D eigenvalue weighted by molar-refractivity contribution is 0.0751. The van der Waals surface area contributed by atoms with E-state index >= 15 is 0 Å². The van der Waals surface area contributed by atoms with E-state index in [-0.39, 0.29) is 11.4 Å². The molecular weight excluding hydrogens is 423 g/mol. The average molecular weight is 451 g/mol. The normalized spacial score (nSPS) is 14.7. The summed E-state index contributed by atoms with van der Waals surface area (Å²) in [6, 6.07) is 15.4. The van der Waals surface area contributed by atoms with E-state index in [0.717, 1.165) is 25.3 Å². The molecule has 0 aliphatic carbocycles. The molecule has 0 N–H and O–H groups in total. The van der Waals surface area contributed by atoms with E-state index in [1.165, 1.54) is 22.4 Å². The van der Waals surface area contributed by atoms with Crippen LogP contribution in [0.2, 0.25) is 0 Å². The lowest BCUT2D eigenvalue weighted by Gasteiger charge is -2.22. The second-order valence-electron chi connectivity index (χ2n) is 8.13. The van der Waals surface area contributed by atoms with Crippen LogP contribution >= 0.6 is 0 Å². The highest BCUT2D eigenvalue weighted by atomic mass is 19.1. The van der Waals surface area contributed by atoms with Gasteiger partial charge in [-0.3, -0.25) is 14.5 Å². The monoisotopic (exact) mass is 450 g/mol. The molecule has 8 heteroatoms. The van der Waals surface area contributed by atoms with Crippen LogP contribution in [0.4, 0.5) is 4.39 Å². The van der Waals surface area contributed by atoms with E-state index in [2.05, 4.69) is 10.00 Å². The van der Waals surface area contributed by atoms with E-state index in [9.17, 15) is 14.0 Å². The number of aromatic nitrogens is 2. The van der Waals surface area contributed by atoms with Crippen molar-refractivity contribution in [1.82, 2.24) is 19.6 Å². The molecule has 0 bridgehead atoms. The van der Waals surface area contributed by atoms with Gasteiger partial charge in [-0.25, -0.2) is 9.07 Å². The molecule has 0 atom stereocenters. The summed E-state index contributed by atoms with van der Waals surface area (Å²) in [4.78, 5) is 29.8. The first-order valence-corrected chi connectivity index (χ1v) is 11.0. The summed E-state index contributed by atoms with van der Waals surface area (Å²) in [7, 11) is 1.64. The first-order chi connectivity index (χ1) is 16.0. The van der Waals surface area contributed by atoms with Gasteiger partial charge in [0, 0.05) is 44.5 Å². The van der Waals surface area contributed by atoms with E-state index in [4.69, 9.17) is 4.74 Å². The number of ether oxygens (including phenoxy) is 1. The minimum absolute atomic E-state index is 0.188. The van der Waals surface area contributed by atoms with Crippen LogP contribution in [0.1, 0.15) is 28.2 Å². The van der Waals surface area contributed by atoms with E-state index in [1.807, 2.05) is 24.3 Å². The third kappa shape index (κ3) is 5.12. The van der Waals surface area contributed by atoms with E-state index < -0.39 is 17.2 Å². The molecule has 0 saturated carbocycles. The summed E-state index contributed by atoms with van der Waals surface area (Å²) in [5, 5.41) is 4.26. The molecule has 0 unspecified atom stereocenters. The minimum atomic E-state index is -0.473. The third-order valence-electron chi connectivity index (χ3n) is 5.83. The second-order valence-corrected chi connectivity index (χ2v) is 8.13. The fraction of sp³-hybridized carbons (Fsp3) is 0.320. The molecule has 7 nitrogen and oxygen atoms in total. The number of halogens is 1. The summed E-state index contributed by atoms with van der Waals surface area (Å²) in [5.41, 5.74) is 1.19. The fourth-order valence-corrected chi connectivity index (χ4v) is 4.03.